The molecule has 24 heavy (non-hydrogen) atoms. The van der Waals surface area contributed by atoms with Gasteiger partial charge in [-0.05, 0) is 28.5 Å². The molecule has 0 aliphatic heterocycles. The monoisotopic (exact) mass is 326 g/mol. The van der Waals surface area contributed by atoms with Crippen molar-refractivity contribution in [3.8, 4) is 5.75 Å². The topological polar surface area (TPSA) is 83.9 Å². The number of hydrogen-bond donors (Lipinski definition) is 2. The summed E-state index contributed by atoms with van der Waals surface area (Å²) in [7, 11) is 0. The first-order valence-corrected chi connectivity index (χ1v) is 7.99. The molecule has 0 bridgehead atoms. The Balaban J connectivity index is 2.59. The summed E-state index contributed by atoms with van der Waals surface area (Å²) in [5, 5.41) is 19.1. The number of benzene rings is 1. The molecular weight excluding hydrogens is 300 g/mol. The van der Waals surface area contributed by atoms with Gasteiger partial charge in [0.2, 0.25) is 0 Å². The van der Waals surface area contributed by atoms with E-state index in [4.69, 9.17) is 5.73 Å². The van der Waals surface area contributed by atoms with Crippen molar-refractivity contribution >= 4 is 17.1 Å². The molecular formula is C19H26N4O. The second-order valence-corrected chi connectivity index (χ2v) is 8.03. The van der Waals surface area contributed by atoms with Gasteiger partial charge in [-0.1, -0.05) is 47.6 Å². The molecule has 1 aromatic carbocycles. The first-order chi connectivity index (χ1) is 11.0. The molecule has 5 nitrogen and oxygen atoms in total. The van der Waals surface area contributed by atoms with Crippen LogP contribution in [0.1, 0.15) is 52.7 Å². The third-order valence-corrected chi connectivity index (χ3v) is 3.86. The van der Waals surface area contributed by atoms with Gasteiger partial charge >= 0.3 is 0 Å². The summed E-state index contributed by atoms with van der Waals surface area (Å²) >= 11 is 0. The number of aromatic nitrogens is 1. The molecule has 2 rings (SSSR count). The van der Waals surface area contributed by atoms with E-state index in [2.05, 4.69) is 56.8 Å². The van der Waals surface area contributed by atoms with Gasteiger partial charge in [-0.25, -0.2) is 0 Å². The number of anilines is 1. The lowest BCUT2D eigenvalue weighted by atomic mass is 9.80. The number of phenols is 1. The van der Waals surface area contributed by atoms with E-state index in [1.165, 1.54) is 0 Å². The standard InChI is InChI=1S/C19H26N4O/c1-18(2,3)12-9-13(19(4,5)6)17(24)15(10-12)22-23-16-11-21-8-7-14(16)20/h7-11,24H,1-6H3,(H2,20,21). The number of aromatic hydroxyl groups is 1. The van der Waals surface area contributed by atoms with Crippen LogP contribution in [0.4, 0.5) is 17.1 Å². The van der Waals surface area contributed by atoms with Gasteiger partial charge in [-0.3, -0.25) is 4.98 Å². The summed E-state index contributed by atoms with van der Waals surface area (Å²) in [6.45, 7) is 12.6. The van der Waals surface area contributed by atoms with Gasteiger partial charge in [-0.2, -0.15) is 0 Å². The molecule has 0 unspecified atom stereocenters. The maximum Gasteiger partial charge on any atom is 0.146 e. The number of phenolic OH excluding ortho intramolecular Hbond substituents is 1. The fourth-order valence-electron chi connectivity index (χ4n) is 2.29. The molecule has 0 aliphatic rings. The van der Waals surface area contributed by atoms with E-state index in [1.54, 1.807) is 18.5 Å². The Labute approximate surface area is 143 Å². The highest BCUT2D eigenvalue weighted by atomic mass is 16.3. The van der Waals surface area contributed by atoms with Crippen LogP contribution in [-0.2, 0) is 10.8 Å². The van der Waals surface area contributed by atoms with Crippen molar-refractivity contribution in [2.75, 3.05) is 5.73 Å². The van der Waals surface area contributed by atoms with E-state index in [1.807, 2.05) is 12.1 Å². The van der Waals surface area contributed by atoms with Crippen molar-refractivity contribution in [3.63, 3.8) is 0 Å². The smallest absolute Gasteiger partial charge is 0.146 e. The zero-order chi connectivity index (χ0) is 18.1. The first-order valence-electron chi connectivity index (χ1n) is 7.99. The van der Waals surface area contributed by atoms with Gasteiger partial charge in [0.25, 0.3) is 0 Å². The van der Waals surface area contributed by atoms with Crippen LogP contribution in [0.5, 0.6) is 5.75 Å². The molecule has 1 heterocycles. The number of nitrogens with two attached hydrogens (primary N) is 1. The molecule has 0 fully saturated rings. The Hall–Kier alpha value is -2.43. The summed E-state index contributed by atoms with van der Waals surface area (Å²) < 4.78 is 0. The lowest BCUT2D eigenvalue weighted by Crippen LogP contribution is -2.16. The fraction of sp³-hybridized carbons (Fsp3) is 0.421. The zero-order valence-electron chi connectivity index (χ0n) is 15.3. The molecule has 5 heteroatoms. The summed E-state index contributed by atoms with van der Waals surface area (Å²) in [5.74, 6) is 0.154. The van der Waals surface area contributed by atoms with Gasteiger partial charge in [0.15, 0.2) is 0 Å². The highest BCUT2D eigenvalue weighted by Crippen LogP contribution is 2.42. The predicted molar refractivity (Wildman–Crippen MR) is 98.3 cm³/mol. The first kappa shape index (κ1) is 17.9. The summed E-state index contributed by atoms with van der Waals surface area (Å²) in [4.78, 5) is 4.00. The van der Waals surface area contributed by atoms with Gasteiger partial charge in [0, 0.05) is 11.8 Å². The van der Waals surface area contributed by atoms with E-state index < -0.39 is 0 Å². The minimum atomic E-state index is -0.205. The van der Waals surface area contributed by atoms with E-state index >= 15 is 0 Å². The van der Waals surface area contributed by atoms with Crippen LogP contribution in [0.15, 0.2) is 40.8 Å². The predicted octanol–water partition coefficient (Wildman–Crippen LogP) is 5.38. The van der Waals surface area contributed by atoms with Crippen molar-refractivity contribution in [3.05, 3.63) is 41.7 Å². The van der Waals surface area contributed by atoms with Crippen LogP contribution in [-0.4, -0.2) is 10.1 Å². The number of hydrogen-bond acceptors (Lipinski definition) is 5. The summed E-state index contributed by atoms with van der Waals surface area (Å²) in [6, 6.07) is 5.59. The van der Waals surface area contributed by atoms with Crippen LogP contribution in [0.25, 0.3) is 0 Å². The number of azo groups is 1. The highest BCUT2D eigenvalue weighted by molar-refractivity contribution is 5.62. The maximum absolute atomic E-state index is 10.7. The van der Waals surface area contributed by atoms with Crippen molar-refractivity contribution in [1.29, 1.82) is 0 Å². The molecule has 0 atom stereocenters. The van der Waals surface area contributed by atoms with E-state index in [9.17, 15) is 5.11 Å². The largest absolute Gasteiger partial charge is 0.505 e. The molecule has 0 radical (unpaired) electrons. The van der Waals surface area contributed by atoms with E-state index in [-0.39, 0.29) is 16.6 Å². The molecule has 0 spiro atoms. The number of nitrogen functional groups attached to an aromatic ring is 1. The van der Waals surface area contributed by atoms with Crippen LogP contribution in [0.2, 0.25) is 0 Å². The molecule has 3 N–H and O–H groups in total. The minimum absolute atomic E-state index is 0.0642. The van der Waals surface area contributed by atoms with Crippen molar-refractivity contribution in [2.24, 2.45) is 10.2 Å². The Morgan fingerprint density at radius 3 is 2.12 bits per heavy atom. The Bertz CT molecular complexity index is 768. The highest BCUT2D eigenvalue weighted by Gasteiger charge is 2.25. The number of pyridine rings is 1. The van der Waals surface area contributed by atoms with Gasteiger partial charge in [-0.15, -0.1) is 10.2 Å². The SMILES string of the molecule is CC(C)(C)c1cc(N=Nc2cnccc2N)c(O)c(C(C)(C)C)c1. The molecule has 0 saturated heterocycles. The van der Waals surface area contributed by atoms with Crippen LogP contribution >= 0.6 is 0 Å². The minimum Gasteiger partial charge on any atom is -0.505 e. The average molecular weight is 326 g/mol. The molecule has 0 aliphatic carbocycles. The number of rotatable bonds is 2. The summed E-state index contributed by atoms with van der Waals surface area (Å²) in [5.41, 5.74) is 8.96. The normalized spacial score (nSPS) is 12.8. The van der Waals surface area contributed by atoms with Crippen LogP contribution in [0, 0.1) is 0 Å². The average Bonchev–Trinajstić information content (AvgIpc) is 2.45. The molecule has 128 valence electrons. The van der Waals surface area contributed by atoms with Crippen molar-refractivity contribution in [1.82, 2.24) is 4.98 Å². The molecule has 0 amide bonds. The fourth-order valence-corrected chi connectivity index (χ4v) is 2.29. The molecule has 2 aromatic rings. The maximum atomic E-state index is 10.7. The Kier molecular flexibility index (Phi) is 4.65. The zero-order valence-corrected chi connectivity index (χ0v) is 15.3. The lowest BCUT2D eigenvalue weighted by molar-refractivity contribution is 0.446. The van der Waals surface area contributed by atoms with Gasteiger partial charge < -0.3 is 10.8 Å². The van der Waals surface area contributed by atoms with E-state index in [0.717, 1.165) is 11.1 Å². The van der Waals surface area contributed by atoms with Gasteiger partial charge in [0.1, 0.15) is 17.1 Å². The second kappa shape index (κ2) is 6.23. The van der Waals surface area contributed by atoms with Crippen LogP contribution < -0.4 is 5.73 Å². The van der Waals surface area contributed by atoms with Crippen LogP contribution in [0.3, 0.4) is 0 Å². The van der Waals surface area contributed by atoms with Crippen molar-refractivity contribution in [2.45, 2.75) is 52.4 Å². The van der Waals surface area contributed by atoms with Gasteiger partial charge in [0.05, 0.1) is 11.9 Å². The van der Waals surface area contributed by atoms with E-state index in [0.29, 0.717) is 17.1 Å². The Morgan fingerprint density at radius 1 is 0.958 bits per heavy atom. The quantitative estimate of drug-likeness (QED) is 0.727. The van der Waals surface area contributed by atoms with Crippen molar-refractivity contribution < 1.29 is 5.11 Å². The summed E-state index contributed by atoms with van der Waals surface area (Å²) in [6.07, 6.45) is 3.15. The number of nitrogens with zero attached hydrogens (tertiary/aromatic N) is 3. The third kappa shape index (κ3) is 3.91. The molecule has 1 aromatic heterocycles. The Morgan fingerprint density at radius 2 is 1.58 bits per heavy atom. The third-order valence-electron chi connectivity index (χ3n) is 3.86. The lowest BCUT2D eigenvalue weighted by Gasteiger charge is -2.26. The molecule has 0 saturated carbocycles. The second-order valence-electron chi connectivity index (χ2n) is 8.03.